The largest absolute Gasteiger partial charge is 0.369 e. The van der Waals surface area contributed by atoms with Gasteiger partial charge in [0.15, 0.2) is 0 Å². The van der Waals surface area contributed by atoms with Gasteiger partial charge in [0.05, 0.1) is 25.6 Å². The second kappa shape index (κ2) is 10.1. The van der Waals surface area contributed by atoms with Crippen LogP contribution in [0.25, 0.3) is 0 Å². The highest BCUT2D eigenvalue weighted by molar-refractivity contribution is 4.92. The minimum absolute atomic E-state index is 0.455. The normalized spacial score (nSPS) is 11.2. The molecule has 2 rings (SSSR count). The van der Waals surface area contributed by atoms with Crippen LogP contribution in [0.4, 0.5) is 0 Å². The maximum absolute atomic E-state index is 5.65. The Kier molecular flexibility index (Phi) is 7.72. The van der Waals surface area contributed by atoms with Crippen molar-refractivity contribution in [2.75, 3.05) is 0 Å². The van der Waals surface area contributed by atoms with E-state index in [1.54, 1.807) is 0 Å². The minimum Gasteiger partial charge on any atom is -0.369 e. The van der Waals surface area contributed by atoms with E-state index in [1.165, 1.54) is 25.7 Å². The molecule has 0 amide bonds. The van der Waals surface area contributed by atoms with Crippen molar-refractivity contribution in [3.8, 4) is 0 Å². The molecule has 7 nitrogen and oxygen atoms in total. The van der Waals surface area contributed by atoms with Crippen LogP contribution in [0.15, 0.2) is 12.4 Å². The predicted octanol–water partition coefficient (Wildman–Crippen LogP) is 2.97. The summed E-state index contributed by atoms with van der Waals surface area (Å²) in [6.07, 6.45) is 11.1. The standard InChI is InChI=1S/C16H28N6O/c1-3-5-7-9-21-11-15(17-19-21)13-23-14-16-12-22(20-18-16)10-8-6-4-2/h11-12H,3-10,13-14H2,1-2H3. The van der Waals surface area contributed by atoms with E-state index >= 15 is 0 Å². The van der Waals surface area contributed by atoms with Crippen LogP contribution < -0.4 is 0 Å². The van der Waals surface area contributed by atoms with Crippen LogP contribution in [0, 0.1) is 0 Å². The first-order valence-electron chi connectivity index (χ1n) is 8.67. The maximum Gasteiger partial charge on any atom is 0.108 e. The number of hydrogen-bond donors (Lipinski definition) is 0. The highest BCUT2D eigenvalue weighted by atomic mass is 16.5. The molecule has 0 N–H and O–H groups in total. The molecule has 2 aromatic heterocycles. The van der Waals surface area contributed by atoms with Crippen molar-refractivity contribution in [3.05, 3.63) is 23.8 Å². The molecule has 0 saturated carbocycles. The Hall–Kier alpha value is -1.76. The Balaban J connectivity index is 1.66. The quantitative estimate of drug-likeness (QED) is 0.562. The van der Waals surface area contributed by atoms with Crippen molar-refractivity contribution in [1.82, 2.24) is 30.0 Å². The zero-order valence-electron chi connectivity index (χ0n) is 14.3. The van der Waals surface area contributed by atoms with E-state index in [4.69, 9.17) is 4.74 Å². The van der Waals surface area contributed by atoms with E-state index in [2.05, 4.69) is 34.5 Å². The molecule has 2 aromatic rings. The third-order valence-corrected chi connectivity index (χ3v) is 3.65. The molecule has 0 aliphatic carbocycles. The second-order valence-electron chi connectivity index (χ2n) is 5.85. The number of unbranched alkanes of at least 4 members (excludes halogenated alkanes) is 4. The summed E-state index contributed by atoms with van der Waals surface area (Å²) in [5.74, 6) is 0. The van der Waals surface area contributed by atoms with Crippen molar-refractivity contribution in [3.63, 3.8) is 0 Å². The van der Waals surface area contributed by atoms with Gasteiger partial charge in [0.25, 0.3) is 0 Å². The molecule has 0 fully saturated rings. The van der Waals surface area contributed by atoms with Crippen LogP contribution >= 0.6 is 0 Å². The third-order valence-electron chi connectivity index (χ3n) is 3.65. The second-order valence-corrected chi connectivity index (χ2v) is 5.85. The topological polar surface area (TPSA) is 70.7 Å². The van der Waals surface area contributed by atoms with Gasteiger partial charge in [-0.05, 0) is 12.8 Å². The summed E-state index contributed by atoms with van der Waals surface area (Å²) in [5, 5.41) is 16.5. The Morgan fingerprint density at radius 2 is 1.26 bits per heavy atom. The predicted molar refractivity (Wildman–Crippen MR) is 87.6 cm³/mol. The molecule has 23 heavy (non-hydrogen) atoms. The molecule has 128 valence electrons. The number of aryl methyl sites for hydroxylation is 2. The molecule has 0 atom stereocenters. The maximum atomic E-state index is 5.65. The zero-order valence-corrected chi connectivity index (χ0v) is 14.3. The smallest absolute Gasteiger partial charge is 0.108 e. The summed E-state index contributed by atoms with van der Waals surface area (Å²) in [6.45, 7) is 7.15. The lowest BCUT2D eigenvalue weighted by Gasteiger charge is -1.99. The number of hydrogen-bond acceptors (Lipinski definition) is 5. The monoisotopic (exact) mass is 320 g/mol. The summed E-state index contributed by atoms with van der Waals surface area (Å²) in [6, 6.07) is 0. The van der Waals surface area contributed by atoms with E-state index in [0.29, 0.717) is 13.2 Å². The summed E-state index contributed by atoms with van der Waals surface area (Å²) >= 11 is 0. The van der Waals surface area contributed by atoms with Crippen LogP contribution in [0.5, 0.6) is 0 Å². The minimum atomic E-state index is 0.455. The molecule has 2 heterocycles. The SMILES string of the molecule is CCCCCn1cc(COCc2cn(CCCCC)nn2)nn1. The van der Waals surface area contributed by atoms with Crippen LogP contribution in [0.2, 0.25) is 0 Å². The first kappa shape index (κ1) is 17.6. The summed E-state index contributed by atoms with van der Waals surface area (Å²) in [7, 11) is 0. The van der Waals surface area contributed by atoms with Crippen molar-refractivity contribution >= 4 is 0 Å². The van der Waals surface area contributed by atoms with Gasteiger partial charge in [-0.1, -0.05) is 50.0 Å². The Labute approximate surface area is 138 Å². The number of ether oxygens (including phenoxy) is 1. The highest BCUT2D eigenvalue weighted by Crippen LogP contribution is 2.04. The molecule has 0 saturated heterocycles. The van der Waals surface area contributed by atoms with Gasteiger partial charge in [0.1, 0.15) is 11.4 Å². The van der Waals surface area contributed by atoms with E-state index < -0.39 is 0 Å². The lowest BCUT2D eigenvalue weighted by molar-refractivity contribution is 0.102. The van der Waals surface area contributed by atoms with Crippen LogP contribution in [-0.2, 0) is 31.0 Å². The number of rotatable bonds is 12. The van der Waals surface area contributed by atoms with Crippen LogP contribution in [0.1, 0.15) is 63.8 Å². The molecule has 0 radical (unpaired) electrons. The summed E-state index contributed by atoms with van der Waals surface area (Å²) in [4.78, 5) is 0. The number of aromatic nitrogens is 6. The van der Waals surface area contributed by atoms with Crippen LogP contribution in [0.3, 0.4) is 0 Å². The molecule has 0 aliphatic rings. The van der Waals surface area contributed by atoms with Gasteiger partial charge in [0.2, 0.25) is 0 Å². The van der Waals surface area contributed by atoms with E-state index in [9.17, 15) is 0 Å². The van der Waals surface area contributed by atoms with Crippen molar-refractivity contribution in [2.24, 2.45) is 0 Å². The Morgan fingerprint density at radius 1 is 0.783 bits per heavy atom. The van der Waals surface area contributed by atoms with Gasteiger partial charge in [-0.15, -0.1) is 10.2 Å². The average Bonchev–Trinajstić information content (AvgIpc) is 3.18. The van der Waals surface area contributed by atoms with Gasteiger partial charge >= 0.3 is 0 Å². The molecule has 0 unspecified atom stereocenters. The van der Waals surface area contributed by atoms with E-state index in [0.717, 1.165) is 37.3 Å². The van der Waals surface area contributed by atoms with Gasteiger partial charge in [0, 0.05) is 13.1 Å². The first-order valence-corrected chi connectivity index (χ1v) is 8.67. The molecule has 0 aliphatic heterocycles. The molecule has 0 spiro atoms. The Bertz CT molecular complexity index is 502. The van der Waals surface area contributed by atoms with Gasteiger partial charge in [-0.25, -0.2) is 0 Å². The fourth-order valence-corrected chi connectivity index (χ4v) is 2.34. The lowest BCUT2D eigenvalue weighted by atomic mass is 10.2. The lowest BCUT2D eigenvalue weighted by Crippen LogP contribution is -1.98. The molecule has 7 heteroatoms. The van der Waals surface area contributed by atoms with Gasteiger partial charge in [-0.2, -0.15) is 0 Å². The number of nitrogens with zero attached hydrogens (tertiary/aromatic N) is 6. The van der Waals surface area contributed by atoms with Crippen molar-refractivity contribution in [2.45, 2.75) is 78.7 Å². The van der Waals surface area contributed by atoms with Gasteiger partial charge in [-0.3, -0.25) is 9.36 Å². The third kappa shape index (κ3) is 6.48. The first-order chi connectivity index (χ1) is 11.3. The molecule has 0 aromatic carbocycles. The molecule has 0 bridgehead atoms. The molecular weight excluding hydrogens is 292 g/mol. The fourth-order valence-electron chi connectivity index (χ4n) is 2.34. The van der Waals surface area contributed by atoms with E-state index in [-0.39, 0.29) is 0 Å². The zero-order chi connectivity index (χ0) is 16.3. The van der Waals surface area contributed by atoms with Gasteiger partial charge < -0.3 is 4.74 Å². The Morgan fingerprint density at radius 3 is 1.70 bits per heavy atom. The summed E-state index contributed by atoms with van der Waals surface area (Å²) < 4.78 is 9.43. The van der Waals surface area contributed by atoms with Crippen molar-refractivity contribution < 1.29 is 4.74 Å². The fraction of sp³-hybridized carbons (Fsp3) is 0.750. The van der Waals surface area contributed by atoms with Crippen LogP contribution in [-0.4, -0.2) is 30.0 Å². The molecular formula is C16H28N6O. The van der Waals surface area contributed by atoms with Crippen molar-refractivity contribution in [1.29, 1.82) is 0 Å². The van der Waals surface area contributed by atoms with E-state index in [1.807, 2.05) is 21.8 Å². The summed E-state index contributed by atoms with van der Waals surface area (Å²) in [5.41, 5.74) is 1.72. The average molecular weight is 320 g/mol. The highest BCUT2D eigenvalue weighted by Gasteiger charge is 2.04.